The maximum Gasteiger partial charge on any atom is 0.251 e. The van der Waals surface area contributed by atoms with Gasteiger partial charge in [-0.05, 0) is 43.1 Å². The number of hydrogen-bond acceptors (Lipinski definition) is 2. The Hall–Kier alpha value is -1.55. The molecule has 0 fully saturated rings. The average molecular weight is 266 g/mol. The van der Waals surface area contributed by atoms with Crippen LogP contribution in [0.3, 0.4) is 0 Å². The number of amides is 1. The van der Waals surface area contributed by atoms with E-state index < -0.39 is 0 Å². The molecule has 0 bridgehead atoms. The van der Waals surface area contributed by atoms with Crippen LogP contribution in [0.25, 0.3) is 11.0 Å². The van der Waals surface area contributed by atoms with Crippen molar-refractivity contribution in [3.63, 3.8) is 0 Å². The van der Waals surface area contributed by atoms with Gasteiger partial charge in [-0.3, -0.25) is 4.79 Å². The van der Waals surface area contributed by atoms with Crippen molar-refractivity contribution in [3.05, 3.63) is 29.0 Å². The first-order valence-electron chi connectivity index (χ1n) is 5.95. The Labute approximate surface area is 111 Å². The highest BCUT2D eigenvalue weighted by molar-refractivity contribution is 6.29. The molecule has 1 aromatic heterocycles. The highest BCUT2D eigenvalue weighted by atomic mass is 35.5. The summed E-state index contributed by atoms with van der Waals surface area (Å²) in [7, 11) is 1.83. The lowest BCUT2D eigenvalue weighted by molar-refractivity contribution is 0.0939. The van der Waals surface area contributed by atoms with Gasteiger partial charge in [0.05, 0.1) is 11.0 Å². The fraction of sp³-hybridized carbons (Fsp3) is 0.385. The molecule has 1 N–H and O–H groups in total. The first-order valence-corrected chi connectivity index (χ1v) is 6.33. The second kappa shape index (κ2) is 4.98. The monoisotopic (exact) mass is 265 g/mol. The molecule has 0 radical (unpaired) electrons. The number of rotatable bonds is 3. The van der Waals surface area contributed by atoms with E-state index in [-0.39, 0.29) is 11.9 Å². The summed E-state index contributed by atoms with van der Waals surface area (Å²) < 4.78 is 1.76. The van der Waals surface area contributed by atoms with Crippen LogP contribution in [0.1, 0.15) is 30.6 Å². The van der Waals surface area contributed by atoms with Gasteiger partial charge in [0, 0.05) is 18.7 Å². The van der Waals surface area contributed by atoms with Crippen molar-refractivity contribution in [2.24, 2.45) is 7.05 Å². The Morgan fingerprint density at radius 3 is 2.94 bits per heavy atom. The minimum Gasteiger partial charge on any atom is -0.350 e. The van der Waals surface area contributed by atoms with E-state index in [0.29, 0.717) is 10.8 Å². The maximum atomic E-state index is 12.0. The normalized spacial score (nSPS) is 12.7. The van der Waals surface area contributed by atoms with E-state index >= 15 is 0 Å². The Morgan fingerprint density at radius 1 is 1.56 bits per heavy atom. The van der Waals surface area contributed by atoms with Gasteiger partial charge < -0.3 is 9.88 Å². The van der Waals surface area contributed by atoms with Crippen LogP contribution in [0.15, 0.2) is 18.2 Å². The molecule has 0 aliphatic heterocycles. The molecule has 0 saturated heterocycles. The number of aryl methyl sites for hydroxylation is 1. The third kappa shape index (κ3) is 2.34. The lowest BCUT2D eigenvalue weighted by Gasteiger charge is -2.11. The van der Waals surface area contributed by atoms with Crippen LogP contribution in [0.2, 0.25) is 5.28 Å². The lowest BCUT2D eigenvalue weighted by atomic mass is 10.1. The molecule has 0 aliphatic carbocycles. The molecule has 96 valence electrons. The van der Waals surface area contributed by atoms with Crippen LogP contribution in [-0.2, 0) is 7.05 Å². The number of halogens is 1. The highest BCUT2D eigenvalue weighted by Gasteiger charge is 2.12. The van der Waals surface area contributed by atoms with Crippen LogP contribution in [-0.4, -0.2) is 21.5 Å². The van der Waals surface area contributed by atoms with E-state index in [4.69, 9.17) is 11.6 Å². The van der Waals surface area contributed by atoms with Crippen molar-refractivity contribution in [3.8, 4) is 0 Å². The number of nitrogens with one attached hydrogen (secondary N) is 1. The summed E-state index contributed by atoms with van der Waals surface area (Å²) in [6.07, 6.45) is 0.908. The average Bonchev–Trinajstić information content (AvgIpc) is 2.64. The third-order valence-electron chi connectivity index (χ3n) is 3.08. The molecule has 1 heterocycles. The minimum absolute atomic E-state index is 0.0661. The number of carbonyl (C=O) groups is 1. The van der Waals surface area contributed by atoms with E-state index in [9.17, 15) is 4.79 Å². The summed E-state index contributed by atoms with van der Waals surface area (Å²) in [5.41, 5.74) is 2.28. The standard InChI is InChI=1S/C13H16ClN3O/c1-4-8(2)15-12(18)9-5-6-10-11(7-9)17(3)13(14)16-10/h5-8H,4H2,1-3H3,(H,15,18)/t8-/m1/s1. The molecule has 5 heteroatoms. The number of hydrogen-bond donors (Lipinski definition) is 1. The number of nitrogens with zero attached hydrogens (tertiary/aromatic N) is 2. The topological polar surface area (TPSA) is 46.9 Å². The van der Waals surface area contributed by atoms with Crippen molar-refractivity contribution in [1.29, 1.82) is 0 Å². The molecular weight excluding hydrogens is 250 g/mol. The zero-order chi connectivity index (χ0) is 13.3. The van der Waals surface area contributed by atoms with Gasteiger partial charge in [0.2, 0.25) is 5.28 Å². The van der Waals surface area contributed by atoms with E-state index in [2.05, 4.69) is 10.3 Å². The van der Waals surface area contributed by atoms with Crippen molar-refractivity contribution < 1.29 is 4.79 Å². The molecule has 1 aromatic carbocycles. The van der Waals surface area contributed by atoms with Gasteiger partial charge in [-0.2, -0.15) is 0 Å². The summed E-state index contributed by atoms with van der Waals surface area (Å²) in [6.45, 7) is 4.02. The van der Waals surface area contributed by atoms with Gasteiger partial charge in [-0.15, -0.1) is 0 Å². The molecular formula is C13H16ClN3O. The number of imidazole rings is 1. The molecule has 2 aromatic rings. The third-order valence-corrected chi connectivity index (χ3v) is 3.42. The summed E-state index contributed by atoms with van der Waals surface area (Å²) >= 11 is 5.94. The Bertz CT molecular complexity index is 591. The Balaban J connectivity index is 2.35. The molecule has 1 amide bonds. The largest absolute Gasteiger partial charge is 0.350 e. The zero-order valence-electron chi connectivity index (χ0n) is 10.7. The molecule has 0 aliphatic rings. The summed E-state index contributed by atoms with van der Waals surface area (Å²) in [4.78, 5) is 16.2. The van der Waals surface area contributed by atoms with Crippen molar-refractivity contribution in [2.45, 2.75) is 26.3 Å². The molecule has 4 nitrogen and oxygen atoms in total. The zero-order valence-corrected chi connectivity index (χ0v) is 11.5. The lowest BCUT2D eigenvalue weighted by Crippen LogP contribution is -2.31. The van der Waals surface area contributed by atoms with Crippen LogP contribution < -0.4 is 5.32 Å². The summed E-state index contributed by atoms with van der Waals surface area (Å²) in [6, 6.07) is 5.56. The van der Waals surface area contributed by atoms with Crippen LogP contribution in [0, 0.1) is 0 Å². The van der Waals surface area contributed by atoms with E-state index in [1.807, 2.05) is 33.0 Å². The van der Waals surface area contributed by atoms with Crippen LogP contribution in [0.4, 0.5) is 0 Å². The number of carbonyl (C=O) groups excluding carboxylic acids is 1. The fourth-order valence-corrected chi connectivity index (χ4v) is 1.89. The summed E-state index contributed by atoms with van der Waals surface area (Å²) in [5, 5.41) is 3.36. The number of fused-ring (bicyclic) bond motifs is 1. The van der Waals surface area contributed by atoms with Gasteiger partial charge >= 0.3 is 0 Å². The van der Waals surface area contributed by atoms with E-state index in [1.165, 1.54) is 0 Å². The SMILES string of the molecule is CC[C@@H](C)NC(=O)c1ccc2nc(Cl)n(C)c2c1. The molecule has 18 heavy (non-hydrogen) atoms. The van der Waals surface area contributed by atoms with Crippen LogP contribution >= 0.6 is 11.6 Å². The second-order valence-corrected chi connectivity index (χ2v) is 4.76. The van der Waals surface area contributed by atoms with Crippen molar-refractivity contribution in [1.82, 2.24) is 14.9 Å². The molecule has 1 atom stereocenters. The predicted molar refractivity (Wildman–Crippen MR) is 72.9 cm³/mol. The number of aromatic nitrogens is 2. The minimum atomic E-state index is -0.0661. The Kier molecular flexibility index (Phi) is 3.57. The molecule has 0 unspecified atom stereocenters. The number of benzene rings is 1. The predicted octanol–water partition coefficient (Wildman–Crippen LogP) is 2.76. The van der Waals surface area contributed by atoms with Gasteiger partial charge in [0.25, 0.3) is 5.91 Å². The van der Waals surface area contributed by atoms with Crippen molar-refractivity contribution >= 4 is 28.5 Å². The summed E-state index contributed by atoms with van der Waals surface area (Å²) in [5.74, 6) is -0.0661. The maximum absolute atomic E-state index is 12.0. The quantitative estimate of drug-likeness (QED) is 0.928. The molecule has 0 saturated carbocycles. The molecule has 2 rings (SSSR count). The fourth-order valence-electron chi connectivity index (χ4n) is 1.71. The van der Waals surface area contributed by atoms with Gasteiger partial charge in [-0.1, -0.05) is 6.92 Å². The Morgan fingerprint density at radius 2 is 2.28 bits per heavy atom. The second-order valence-electron chi connectivity index (χ2n) is 4.43. The first kappa shape index (κ1) is 12.9. The van der Waals surface area contributed by atoms with E-state index in [1.54, 1.807) is 10.6 Å². The first-order chi connectivity index (χ1) is 8.52. The molecule has 0 spiro atoms. The van der Waals surface area contributed by atoms with Crippen LogP contribution in [0.5, 0.6) is 0 Å². The van der Waals surface area contributed by atoms with Gasteiger partial charge in [0.15, 0.2) is 0 Å². The van der Waals surface area contributed by atoms with Gasteiger partial charge in [-0.25, -0.2) is 4.98 Å². The van der Waals surface area contributed by atoms with Crippen molar-refractivity contribution in [2.75, 3.05) is 0 Å². The highest BCUT2D eigenvalue weighted by Crippen LogP contribution is 2.19. The smallest absolute Gasteiger partial charge is 0.251 e. The van der Waals surface area contributed by atoms with Gasteiger partial charge in [0.1, 0.15) is 0 Å². The van der Waals surface area contributed by atoms with E-state index in [0.717, 1.165) is 17.5 Å².